The molecule has 24 heavy (non-hydrogen) atoms. The van der Waals surface area contributed by atoms with Crippen molar-refractivity contribution in [3.63, 3.8) is 0 Å². The lowest BCUT2D eigenvalue weighted by Crippen LogP contribution is -2.37. The molecule has 0 spiro atoms. The third-order valence-electron chi connectivity index (χ3n) is 3.29. The van der Waals surface area contributed by atoms with Gasteiger partial charge in [-0.05, 0) is 31.0 Å². The first kappa shape index (κ1) is 19.6. The number of carbonyl (C=O) groups is 1. The van der Waals surface area contributed by atoms with Gasteiger partial charge in [0.2, 0.25) is 0 Å². The van der Waals surface area contributed by atoms with Crippen LogP contribution in [0.25, 0.3) is 0 Å². The first-order chi connectivity index (χ1) is 11.6. The van der Waals surface area contributed by atoms with Gasteiger partial charge in [0, 0.05) is 26.6 Å². The molecule has 1 rings (SSSR count). The summed E-state index contributed by atoms with van der Waals surface area (Å²) >= 11 is 0. The second-order valence-corrected chi connectivity index (χ2v) is 4.95. The predicted octanol–water partition coefficient (Wildman–Crippen LogP) is 1.71. The van der Waals surface area contributed by atoms with Gasteiger partial charge in [0.25, 0.3) is 0 Å². The summed E-state index contributed by atoms with van der Waals surface area (Å²) in [6.07, 6.45) is 1.09. The molecule has 0 bridgehead atoms. The molecule has 7 nitrogen and oxygen atoms in total. The Morgan fingerprint density at radius 1 is 1.17 bits per heavy atom. The van der Waals surface area contributed by atoms with Crippen LogP contribution in [-0.4, -0.2) is 46.3 Å². The molecule has 0 fully saturated rings. The topological polar surface area (TPSA) is 81.2 Å². The third kappa shape index (κ3) is 6.76. The van der Waals surface area contributed by atoms with Crippen molar-refractivity contribution in [3.8, 4) is 11.5 Å². The Labute approximate surface area is 143 Å². The minimum absolute atomic E-state index is 0.174. The van der Waals surface area contributed by atoms with Crippen LogP contribution in [0.1, 0.15) is 25.3 Å². The van der Waals surface area contributed by atoms with Gasteiger partial charge >= 0.3 is 5.97 Å². The Kier molecular flexibility index (Phi) is 9.11. The summed E-state index contributed by atoms with van der Waals surface area (Å²) in [7, 11) is 4.92. The average molecular weight is 337 g/mol. The lowest BCUT2D eigenvalue weighted by molar-refractivity contribution is -0.143. The van der Waals surface area contributed by atoms with Gasteiger partial charge in [0.15, 0.2) is 17.5 Å². The molecule has 7 heteroatoms. The summed E-state index contributed by atoms with van der Waals surface area (Å²) in [5.41, 5.74) is 1.04. The molecule has 1 aromatic carbocycles. The molecule has 0 heterocycles. The number of esters is 1. The number of nitrogens with zero attached hydrogens (tertiary/aromatic N) is 1. The highest BCUT2D eigenvalue weighted by molar-refractivity contribution is 5.79. The van der Waals surface area contributed by atoms with Gasteiger partial charge in [0.05, 0.1) is 20.8 Å². The van der Waals surface area contributed by atoms with Crippen LogP contribution >= 0.6 is 0 Å². The molecule has 0 aliphatic heterocycles. The maximum atomic E-state index is 11.3. The standard InChI is InChI=1S/C17H27N3O4/c1-5-24-16(21)7-6-10-19-17(18-2)20-12-13-8-9-14(22-3)15(11-13)23-4/h8-9,11H,5-7,10,12H2,1-4H3,(H2,18,19,20). The van der Waals surface area contributed by atoms with E-state index in [0.29, 0.717) is 50.0 Å². The summed E-state index contributed by atoms with van der Waals surface area (Å²) in [5, 5.41) is 6.38. The van der Waals surface area contributed by atoms with Gasteiger partial charge < -0.3 is 24.8 Å². The quantitative estimate of drug-likeness (QED) is 0.309. The van der Waals surface area contributed by atoms with Crippen LogP contribution in [0.5, 0.6) is 11.5 Å². The highest BCUT2D eigenvalue weighted by Crippen LogP contribution is 2.27. The van der Waals surface area contributed by atoms with Gasteiger partial charge in [-0.15, -0.1) is 0 Å². The zero-order chi connectivity index (χ0) is 17.8. The van der Waals surface area contributed by atoms with Crippen LogP contribution < -0.4 is 20.1 Å². The van der Waals surface area contributed by atoms with Gasteiger partial charge in [0.1, 0.15) is 0 Å². The number of benzene rings is 1. The van der Waals surface area contributed by atoms with Crippen molar-refractivity contribution in [2.45, 2.75) is 26.3 Å². The van der Waals surface area contributed by atoms with Gasteiger partial charge in [-0.1, -0.05) is 6.07 Å². The number of carbonyl (C=O) groups excluding carboxylic acids is 1. The van der Waals surface area contributed by atoms with Crippen LogP contribution in [0.4, 0.5) is 0 Å². The maximum Gasteiger partial charge on any atom is 0.305 e. The fraction of sp³-hybridized carbons (Fsp3) is 0.529. The summed E-state index contributed by atoms with van der Waals surface area (Å²) in [4.78, 5) is 15.4. The lowest BCUT2D eigenvalue weighted by atomic mass is 10.2. The van der Waals surface area contributed by atoms with E-state index in [1.54, 1.807) is 28.2 Å². The van der Waals surface area contributed by atoms with Crippen LogP contribution in [0.2, 0.25) is 0 Å². The Morgan fingerprint density at radius 3 is 2.54 bits per heavy atom. The lowest BCUT2D eigenvalue weighted by Gasteiger charge is -2.13. The third-order valence-corrected chi connectivity index (χ3v) is 3.29. The Bertz CT molecular complexity index is 547. The monoisotopic (exact) mass is 337 g/mol. The SMILES string of the molecule is CCOC(=O)CCCNC(=NC)NCc1ccc(OC)c(OC)c1. The number of ether oxygens (including phenoxy) is 3. The second kappa shape index (κ2) is 11.2. The molecule has 0 unspecified atom stereocenters. The largest absolute Gasteiger partial charge is 0.493 e. The van der Waals surface area contributed by atoms with Crippen LogP contribution in [0.15, 0.2) is 23.2 Å². The number of guanidine groups is 1. The van der Waals surface area contributed by atoms with Crippen molar-refractivity contribution in [1.29, 1.82) is 0 Å². The van der Waals surface area contributed by atoms with Crippen molar-refractivity contribution in [2.75, 3.05) is 34.4 Å². The molecule has 0 amide bonds. The van der Waals surface area contributed by atoms with Crippen LogP contribution in [-0.2, 0) is 16.1 Å². The Hall–Kier alpha value is -2.44. The number of methoxy groups -OCH3 is 2. The molecule has 1 aromatic rings. The van der Waals surface area contributed by atoms with E-state index in [1.165, 1.54) is 0 Å². The highest BCUT2D eigenvalue weighted by atomic mass is 16.5. The summed E-state index contributed by atoms with van der Waals surface area (Å²) in [6, 6.07) is 5.74. The predicted molar refractivity (Wildman–Crippen MR) is 93.6 cm³/mol. The van der Waals surface area contributed by atoms with E-state index in [1.807, 2.05) is 18.2 Å². The first-order valence-electron chi connectivity index (χ1n) is 7.95. The second-order valence-electron chi connectivity index (χ2n) is 4.95. The normalized spacial score (nSPS) is 10.9. The highest BCUT2D eigenvalue weighted by Gasteiger charge is 2.06. The van der Waals surface area contributed by atoms with E-state index in [4.69, 9.17) is 14.2 Å². The molecule has 0 aliphatic rings. The van der Waals surface area contributed by atoms with E-state index in [-0.39, 0.29) is 5.97 Å². The zero-order valence-corrected chi connectivity index (χ0v) is 14.8. The molecule has 0 saturated carbocycles. The van der Waals surface area contributed by atoms with Crippen LogP contribution in [0.3, 0.4) is 0 Å². The number of hydrogen-bond acceptors (Lipinski definition) is 5. The van der Waals surface area contributed by atoms with Gasteiger partial charge in [-0.2, -0.15) is 0 Å². The van der Waals surface area contributed by atoms with E-state index in [0.717, 1.165) is 5.56 Å². The van der Waals surface area contributed by atoms with Crippen molar-refractivity contribution in [2.24, 2.45) is 4.99 Å². The zero-order valence-electron chi connectivity index (χ0n) is 14.8. The minimum Gasteiger partial charge on any atom is -0.493 e. The summed E-state index contributed by atoms with van der Waals surface area (Å²) in [5.74, 6) is 1.89. The molecule has 134 valence electrons. The van der Waals surface area contributed by atoms with Crippen molar-refractivity contribution < 1.29 is 19.0 Å². The molecule has 0 aromatic heterocycles. The van der Waals surface area contributed by atoms with Crippen molar-refractivity contribution >= 4 is 11.9 Å². The smallest absolute Gasteiger partial charge is 0.305 e. The van der Waals surface area contributed by atoms with Crippen molar-refractivity contribution in [3.05, 3.63) is 23.8 Å². The number of rotatable bonds is 9. The molecule has 0 radical (unpaired) electrons. The van der Waals surface area contributed by atoms with E-state index >= 15 is 0 Å². The first-order valence-corrected chi connectivity index (χ1v) is 7.95. The maximum absolute atomic E-state index is 11.3. The van der Waals surface area contributed by atoms with Gasteiger partial charge in [-0.25, -0.2) is 0 Å². The Balaban J connectivity index is 2.40. The molecular formula is C17H27N3O4. The van der Waals surface area contributed by atoms with Gasteiger partial charge in [-0.3, -0.25) is 9.79 Å². The molecule has 0 atom stereocenters. The Morgan fingerprint density at radius 2 is 1.92 bits per heavy atom. The number of aliphatic imine (C=N–C) groups is 1. The summed E-state index contributed by atoms with van der Waals surface area (Å²) < 4.78 is 15.4. The minimum atomic E-state index is -0.174. The van der Waals surface area contributed by atoms with Crippen LogP contribution in [0, 0.1) is 0 Å². The molecule has 0 saturated heterocycles. The molecular weight excluding hydrogens is 310 g/mol. The molecule has 0 aliphatic carbocycles. The number of nitrogens with one attached hydrogen (secondary N) is 2. The van der Waals surface area contributed by atoms with Crippen molar-refractivity contribution in [1.82, 2.24) is 10.6 Å². The average Bonchev–Trinajstić information content (AvgIpc) is 2.61. The molecule has 2 N–H and O–H groups in total. The van der Waals surface area contributed by atoms with E-state index in [9.17, 15) is 4.79 Å². The fourth-order valence-corrected chi connectivity index (χ4v) is 2.07. The van der Waals surface area contributed by atoms with E-state index < -0.39 is 0 Å². The van der Waals surface area contributed by atoms with E-state index in [2.05, 4.69) is 15.6 Å². The number of hydrogen-bond donors (Lipinski definition) is 2. The fourth-order valence-electron chi connectivity index (χ4n) is 2.07. The summed E-state index contributed by atoms with van der Waals surface area (Å²) in [6.45, 7) is 3.46.